The zero-order chi connectivity index (χ0) is 22.8. The molecule has 7 heteroatoms. The molecular weight excluding hydrogens is 408 g/mol. The molecule has 0 saturated carbocycles. The molecular formula is C25H28N2O5. The smallest absolute Gasteiger partial charge is 0.407 e. The van der Waals surface area contributed by atoms with Crippen LogP contribution in [0.25, 0.3) is 11.1 Å². The highest BCUT2D eigenvalue weighted by atomic mass is 16.5. The van der Waals surface area contributed by atoms with E-state index in [1.54, 1.807) is 11.8 Å². The standard InChI is InChI=1S/C25H28N2O5/c1-15-12-27(13-17(15)11-23(28)29)24(30)16(2)26-25(31)32-14-22-20-9-5-3-7-18(20)19-8-4-6-10-21(19)22/h3-10,15-17,22H,11-14H2,1-2H3,(H,26,31)(H,28,29)/t15?,16-,17?/m0/s1. The molecule has 2 N–H and O–H groups in total. The fraction of sp³-hybridized carbons (Fsp3) is 0.400. The van der Waals surface area contributed by atoms with Gasteiger partial charge in [-0.05, 0) is 41.0 Å². The molecule has 1 heterocycles. The van der Waals surface area contributed by atoms with Crippen molar-refractivity contribution < 1.29 is 24.2 Å². The van der Waals surface area contributed by atoms with Crippen LogP contribution in [-0.4, -0.2) is 53.7 Å². The molecule has 0 aromatic heterocycles. The van der Waals surface area contributed by atoms with Gasteiger partial charge in [0, 0.05) is 19.0 Å². The third kappa shape index (κ3) is 4.33. The number of amides is 2. The van der Waals surface area contributed by atoms with Crippen LogP contribution in [0.15, 0.2) is 48.5 Å². The quantitative estimate of drug-likeness (QED) is 0.723. The molecule has 168 valence electrons. The Morgan fingerprint density at radius 3 is 2.25 bits per heavy atom. The van der Waals surface area contributed by atoms with Crippen molar-refractivity contribution in [3.05, 3.63) is 59.7 Å². The summed E-state index contributed by atoms with van der Waals surface area (Å²) in [7, 11) is 0. The molecule has 2 aromatic rings. The third-order valence-electron chi connectivity index (χ3n) is 6.56. The third-order valence-corrected chi connectivity index (χ3v) is 6.56. The summed E-state index contributed by atoms with van der Waals surface area (Å²) in [5.41, 5.74) is 4.56. The molecule has 0 bridgehead atoms. The number of rotatable bonds is 6. The van der Waals surface area contributed by atoms with Crippen molar-refractivity contribution in [3.8, 4) is 11.1 Å². The number of carboxylic acid groups (broad SMARTS) is 1. The van der Waals surface area contributed by atoms with Crippen molar-refractivity contribution in [2.75, 3.05) is 19.7 Å². The zero-order valence-electron chi connectivity index (χ0n) is 18.3. The van der Waals surface area contributed by atoms with Crippen LogP contribution in [0.5, 0.6) is 0 Å². The highest BCUT2D eigenvalue weighted by Crippen LogP contribution is 2.44. The molecule has 0 radical (unpaired) electrons. The lowest BCUT2D eigenvalue weighted by molar-refractivity contribution is -0.138. The van der Waals surface area contributed by atoms with Gasteiger partial charge in [0.25, 0.3) is 0 Å². The molecule has 0 spiro atoms. The first-order valence-electron chi connectivity index (χ1n) is 11.0. The van der Waals surface area contributed by atoms with Crippen LogP contribution >= 0.6 is 0 Å². The van der Waals surface area contributed by atoms with Crippen LogP contribution in [0.3, 0.4) is 0 Å². The molecule has 2 aromatic carbocycles. The number of nitrogens with one attached hydrogen (secondary N) is 1. The van der Waals surface area contributed by atoms with Crippen LogP contribution in [0, 0.1) is 11.8 Å². The van der Waals surface area contributed by atoms with Gasteiger partial charge in [0.05, 0.1) is 6.42 Å². The van der Waals surface area contributed by atoms with E-state index in [4.69, 9.17) is 9.84 Å². The van der Waals surface area contributed by atoms with Gasteiger partial charge < -0.3 is 20.1 Å². The monoisotopic (exact) mass is 436 g/mol. The molecule has 1 saturated heterocycles. The van der Waals surface area contributed by atoms with Crippen LogP contribution < -0.4 is 5.32 Å². The Kier molecular flexibility index (Phi) is 6.17. The number of hydrogen-bond acceptors (Lipinski definition) is 4. The van der Waals surface area contributed by atoms with E-state index in [-0.39, 0.29) is 36.7 Å². The maximum atomic E-state index is 12.8. The van der Waals surface area contributed by atoms with Gasteiger partial charge in [-0.15, -0.1) is 0 Å². The van der Waals surface area contributed by atoms with E-state index in [2.05, 4.69) is 29.6 Å². The molecule has 2 amide bonds. The Morgan fingerprint density at radius 1 is 1.06 bits per heavy atom. The van der Waals surface area contributed by atoms with Gasteiger partial charge in [0.1, 0.15) is 12.6 Å². The van der Waals surface area contributed by atoms with Gasteiger partial charge in [-0.2, -0.15) is 0 Å². The van der Waals surface area contributed by atoms with Gasteiger partial charge in [-0.25, -0.2) is 4.79 Å². The molecule has 2 aliphatic rings. The van der Waals surface area contributed by atoms with Crippen molar-refractivity contribution >= 4 is 18.0 Å². The van der Waals surface area contributed by atoms with E-state index in [9.17, 15) is 14.4 Å². The Morgan fingerprint density at radius 2 is 1.66 bits per heavy atom. The lowest BCUT2D eigenvalue weighted by Crippen LogP contribution is -2.46. The number of aliphatic carboxylic acids is 1. The SMILES string of the molecule is CC1CN(C(=O)[C@H](C)NC(=O)OCC2c3ccccc3-c3ccccc32)CC1CC(=O)O. The van der Waals surface area contributed by atoms with Crippen LogP contribution in [0.1, 0.15) is 37.3 Å². The molecule has 1 fully saturated rings. The topological polar surface area (TPSA) is 95.9 Å². The molecule has 32 heavy (non-hydrogen) atoms. The number of benzene rings is 2. The van der Waals surface area contributed by atoms with E-state index >= 15 is 0 Å². The molecule has 1 aliphatic heterocycles. The van der Waals surface area contributed by atoms with Crippen molar-refractivity contribution in [1.82, 2.24) is 10.2 Å². The molecule has 7 nitrogen and oxygen atoms in total. The lowest BCUT2D eigenvalue weighted by Gasteiger charge is -2.22. The Labute approximate surface area is 187 Å². The van der Waals surface area contributed by atoms with E-state index in [0.717, 1.165) is 22.3 Å². The van der Waals surface area contributed by atoms with E-state index in [1.165, 1.54) is 0 Å². The second kappa shape index (κ2) is 9.02. The summed E-state index contributed by atoms with van der Waals surface area (Å²) in [6.45, 7) is 4.64. The van der Waals surface area contributed by atoms with Crippen LogP contribution in [0.2, 0.25) is 0 Å². The van der Waals surface area contributed by atoms with Crippen LogP contribution in [-0.2, 0) is 14.3 Å². The number of alkyl carbamates (subject to hydrolysis) is 1. The first-order valence-corrected chi connectivity index (χ1v) is 11.0. The lowest BCUT2D eigenvalue weighted by atomic mass is 9.95. The van der Waals surface area contributed by atoms with Gasteiger partial charge in [-0.1, -0.05) is 55.5 Å². The first-order chi connectivity index (χ1) is 15.3. The van der Waals surface area contributed by atoms with Crippen molar-refractivity contribution in [2.45, 2.75) is 32.2 Å². The fourth-order valence-corrected chi connectivity index (χ4v) is 4.86. The number of ether oxygens (including phenoxy) is 1. The minimum atomic E-state index is -0.860. The second-order valence-corrected chi connectivity index (χ2v) is 8.77. The minimum absolute atomic E-state index is 0.0408. The number of likely N-dealkylation sites (tertiary alicyclic amines) is 1. The van der Waals surface area contributed by atoms with Crippen molar-refractivity contribution in [1.29, 1.82) is 0 Å². The summed E-state index contributed by atoms with van der Waals surface area (Å²) in [6, 6.07) is 15.5. The minimum Gasteiger partial charge on any atom is -0.481 e. The first kappa shape index (κ1) is 21.9. The van der Waals surface area contributed by atoms with Crippen LogP contribution in [0.4, 0.5) is 4.79 Å². The largest absolute Gasteiger partial charge is 0.481 e. The molecule has 3 atom stereocenters. The van der Waals surface area contributed by atoms with E-state index in [1.807, 2.05) is 31.2 Å². The van der Waals surface area contributed by atoms with Crippen molar-refractivity contribution in [3.63, 3.8) is 0 Å². The summed E-state index contributed by atoms with van der Waals surface area (Å²) in [4.78, 5) is 37.8. The maximum Gasteiger partial charge on any atom is 0.407 e. The highest BCUT2D eigenvalue weighted by molar-refractivity contribution is 5.85. The summed E-state index contributed by atoms with van der Waals surface area (Å²) in [6.07, 6.45) is -0.596. The number of carboxylic acids is 1. The number of fused-ring (bicyclic) bond motifs is 3. The van der Waals surface area contributed by atoms with E-state index in [0.29, 0.717) is 13.1 Å². The Bertz CT molecular complexity index is 991. The number of nitrogens with zero attached hydrogens (tertiary/aromatic N) is 1. The van der Waals surface area contributed by atoms with E-state index < -0.39 is 18.1 Å². The van der Waals surface area contributed by atoms with Gasteiger partial charge >= 0.3 is 12.1 Å². The van der Waals surface area contributed by atoms with Crippen molar-refractivity contribution in [2.24, 2.45) is 11.8 Å². The van der Waals surface area contributed by atoms with Gasteiger partial charge in [0.2, 0.25) is 5.91 Å². The summed E-state index contributed by atoms with van der Waals surface area (Å²) < 4.78 is 5.52. The average molecular weight is 437 g/mol. The fourth-order valence-electron chi connectivity index (χ4n) is 4.86. The zero-order valence-corrected chi connectivity index (χ0v) is 18.3. The summed E-state index contributed by atoms with van der Waals surface area (Å²) in [5.74, 6) is -1.09. The Balaban J connectivity index is 1.34. The number of hydrogen-bond donors (Lipinski definition) is 2. The molecule has 2 unspecified atom stereocenters. The number of carbonyl (C=O) groups excluding carboxylic acids is 2. The second-order valence-electron chi connectivity index (χ2n) is 8.77. The normalized spacial score (nSPS) is 20.4. The predicted octanol–water partition coefficient (Wildman–Crippen LogP) is 3.48. The molecule has 4 rings (SSSR count). The highest BCUT2D eigenvalue weighted by Gasteiger charge is 2.36. The van der Waals surface area contributed by atoms with Gasteiger partial charge in [0.15, 0.2) is 0 Å². The average Bonchev–Trinajstić information content (AvgIpc) is 3.29. The Hall–Kier alpha value is -3.35. The molecule has 1 aliphatic carbocycles. The summed E-state index contributed by atoms with van der Waals surface area (Å²) in [5, 5.41) is 11.7. The predicted molar refractivity (Wildman–Crippen MR) is 119 cm³/mol. The van der Waals surface area contributed by atoms with Gasteiger partial charge in [-0.3, -0.25) is 9.59 Å². The number of carbonyl (C=O) groups is 3. The summed E-state index contributed by atoms with van der Waals surface area (Å²) >= 11 is 0. The maximum absolute atomic E-state index is 12.8.